The van der Waals surface area contributed by atoms with E-state index in [0.29, 0.717) is 5.56 Å². The second kappa shape index (κ2) is 13.8. The Kier molecular flexibility index (Phi) is 11.1. The summed E-state index contributed by atoms with van der Waals surface area (Å²) in [6.45, 7) is 8.41. The molecule has 2 unspecified atom stereocenters. The number of alkyl carbamates (subject to hydrolysis) is 1. The fourth-order valence-electron chi connectivity index (χ4n) is 4.61. The van der Waals surface area contributed by atoms with Gasteiger partial charge in [0.05, 0.1) is 6.07 Å². The first-order valence-corrected chi connectivity index (χ1v) is 13.2. The minimum Gasteiger partial charge on any atom is -0.444 e. The van der Waals surface area contributed by atoms with Crippen LogP contribution in [0.4, 0.5) is 4.79 Å². The first-order valence-electron chi connectivity index (χ1n) is 13.2. The van der Waals surface area contributed by atoms with Gasteiger partial charge in [0.25, 0.3) is 0 Å². The van der Waals surface area contributed by atoms with E-state index in [-0.39, 0.29) is 24.8 Å². The Morgan fingerprint density at radius 3 is 2.39 bits per heavy atom. The van der Waals surface area contributed by atoms with Gasteiger partial charge in [0.2, 0.25) is 17.7 Å². The molecule has 0 aliphatic heterocycles. The van der Waals surface area contributed by atoms with Crippen molar-refractivity contribution in [2.75, 3.05) is 6.54 Å². The van der Waals surface area contributed by atoms with Crippen molar-refractivity contribution in [3.05, 3.63) is 34.9 Å². The molecule has 1 aliphatic carbocycles. The van der Waals surface area contributed by atoms with Crippen LogP contribution >= 0.6 is 0 Å². The highest BCUT2D eigenvalue weighted by molar-refractivity contribution is 5.93. The van der Waals surface area contributed by atoms with Gasteiger partial charge in [0, 0.05) is 12.5 Å². The largest absolute Gasteiger partial charge is 0.444 e. The van der Waals surface area contributed by atoms with Crippen LogP contribution in [0.3, 0.4) is 0 Å². The summed E-state index contributed by atoms with van der Waals surface area (Å²) in [7, 11) is 0. The number of nitrogens with one attached hydrogen (secondary N) is 2. The number of carbonyl (C=O) groups excluding carboxylic acids is 4. The van der Waals surface area contributed by atoms with E-state index in [9.17, 15) is 24.4 Å². The number of carbonyl (C=O) groups is 4. The fraction of sp³-hybridized carbons (Fsp3) is 0.607. The molecule has 1 fully saturated rings. The van der Waals surface area contributed by atoms with Crippen molar-refractivity contribution in [3.63, 3.8) is 0 Å². The molecular weight excluding hydrogens is 486 g/mol. The molecule has 2 atom stereocenters. The highest BCUT2D eigenvalue weighted by Crippen LogP contribution is 2.28. The SMILES string of the molecule is Cc1cccc(C(C(=O)NC2CCCCC2)N(CC#N)C(=O)C(CCC(N)=O)NC(=O)OC(C)(C)C)c1C. The van der Waals surface area contributed by atoms with E-state index in [1.807, 2.05) is 26.0 Å². The zero-order valence-electron chi connectivity index (χ0n) is 23.1. The van der Waals surface area contributed by atoms with E-state index >= 15 is 0 Å². The lowest BCUT2D eigenvalue weighted by molar-refractivity contribution is -0.142. The third-order valence-corrected chi connectivity index (χ3v) is 6.65. The van der Waals surface area contributed by atoms with Gasteiger partial charge in [-0.3, -0.25) is 14.4 Å². The molecule has 2 rings (SSSR count). The molecule has 1 aliphatic rings. The lowest BCUT2D eigenvalue weighted by atomic mass is 9.92. The molecule has 0 aromatic heterocycles. The molecule has 4 amide bonds. The number of nitrogens with two attached hydrogens (primary N) is 1. The molecule has 4 N–H and O–H groups in total. The average Bonchev–Trinajstić information content (AvgIpc) is 2.83. The summed E-state index contributed by atoms with van der Waals surface area (Å²) >= 11 is 0. The van der Waals surface area contributed by atoms with Gasteiger partial charge in [-0.2, -0.15) is 5.26 Å². The summed E-state index contributed by atoms with van der Waals surface area (Å²) < 4.78 is 5.31. The molecule has 208 valence electrons. The minimum absolute atomic E-state index is 0.0200. The summed E-state index contributed by atoms with van der Waals surface area (Å²) in [5, 5.41) is 15.3. The summed E-state index contributed by atoms with van der Waals surface area (Å²) in [4.78, 5) is 53.0. The number of rotatable bonds is 10. The van der Waals surface area contributed by atoms with Crippen LogP contribution in [0.1, 0.15) is 88.4 Å². The smallest absolute Gasteiger partial charge is 0.408 e. The lowest BCUT2D eigenvalue weighted by Gasteiger charge is -2.35. The molecule has 10 nitrogen and oxygen atoms in total. The van der Waals surface area contributed by atoms with E-state index in [1.165, 1.54) is 4.90 Å². The summed E-state index contributed by atoms with van der Waals surface area (Å²) in [5.74, 6) is -1.72. The molecule has 38 heavy (non-hydrogen) atoms. The van der Waals surface area contributed by atoms with Gasteiger partial charge in [-0.15, -0.1) is 0 Å². The van der Waals surface area contributed by atoms with Crippen LogP contribution in [-0.4, -0.2) is 52.9 Å². The summed E-state index contributed by atoms with van der Waals surface area (Å²) in [6, 6.07) is 5.11. The van der Waals surface area contributed by atoms with Crippen molar-refractivity contribution in [2.24, 2.45) is 5.73 Å². The Morgan fingerprint density at radius 2 is 1.82 bits per heavy atom. The van der Waals surface area contributed by atoms with Crippen molar-refractivity contribution >= 4 is 23.8 Å². The standard InChI is InChI=1S/C28H41N5O5/c1-18-10-9-13-21(19(18)2)24(25(35)31-20-11-7-6-8-12-20)33(17-16-29)26(36)22(14-15-23(30)34)32-27(37)38-28(3,4)5/h9-10,13,20,22,24H,6-8,11-12,14-15,17H2,1-5H3,(H2,30,34)(H,31,35)(H,32,37). The van der Waals surface area contributed by atoms with Crippen LogP contribution in [-0.2, 0) is 19.1 Å². The Hall–Kier alpha value is -3.61. The molecule has 0 radical (unpaired) electrons. The van der Waals surface area contributed by atoms with Gasteiger partial charge < -0.3 is 26.0 Å². The van der Waals surface area contributed by atoms with Crippen molar-refractivity contribution in [1.82, 2.24) is 15.5 Å². The fourth-order valence-corrected chi connectivity index (χ4v) is 4.61. The zero-order chi connectivity index (χ0) is 28.5. The molecule has 0 saturated heterocycles. The molecule has 0 spiro atoms. The van der Waals surface area contributed by atoms with Gasteiger partial charge in [-0.05, 0) is 70.6 Å². The topological polar surface area (TPSA) is 155 Å². The monoisotopic (exact) mass is 527 g/mol. The Balaban J connectivity index is 2.49. The number of nitrogens with zero attached hydrogens (tertiary/aromatic N) is 2. The van der Waals surface area contributed by atoms with Gasteiger partial charge in [0.15, 0.2) is 0 Å². The molecular formula is C28H41N5O5. The van der Waals surface area contributed by atoms with Crippen LogP contribution in [0.25, 0.3) is 0 Å². The molecule has 0 bridgehead atoms. The van der Waals surface area contributed by atoms with Crippen molar-refractivity contribution in [2.45, 2.75) is 103 Å². The van der Waals surface area contributed by atoms with Gasteiger partial charge in [-0.1, -0.05) is 37.5 Å². The molecule has 1 aromatic carbocycles. The second-order valence-corrected chi connectivity index (χ2v) is 10.9. The number of aryl methyl sites for hydroxylation is 1. The van der Waals surface area contributed by atoms with Crippen LogP contribution in [0.2, 0.25) is 0 Å². The maximum Gasteiger partial charge on any atom is 0.408 e. The summed E-state index contributed by atoms with van der Waals surface area (Å²) in [5.41, 5.74) is 6.84. The van der Waals surface area contributed by atoms with E-state index in [2.05, 4.69) is 10.6 Å². The van der Waals surface area contributed by atoms with Gasteiger partial charge in [0.1, 0.15) is 24.2 Å². The van der Waals surface area contributed by atoms with Crippen LogP contribution in [0.15, 0.2) is 18.2 Å². The first-order chi connectivity index (χ1) is 17.8. The predicted octanol–water partition coefficient (Wildman–Crippen LogP) is 3.30. The van der Waals surface area contributed by atoms with Crippen molar-refractivity contribution in [3.8, 4) is 6.07 Å². The highest BCUT2D eigenvalue weighted by atomic mass is 16.6. The predicted molar refractivity (Wildman–Crippen MR) is 143 cm³/mol. The van der Waals surface area contributed by atoms with E-state index in [4.69, 9.17) is 10.5 Å². The number of hydrogen-bond donors (Lipinski definition) is 3. The first kappa shape index (κ1) is 30.6. The van der Waals surface area contributed by atoms with Crippen molar-refractivity contribution < 1.29 is 23.9 Å². The molecule has 1 saturated carbocycles. The maximum atomic E-state index is 13.9. The van der Waals surface area contributed by atoms with E-state index in [1.54, 1.807) is 32.9 Å². The number of amides is 4. The Morgan fingerprint density at radius 1 is 1.16 bits per heavy atom. The van der Waals surface area contributed by atoms with Gasteiger partial charge >= 0.3 is 6.09 Å². The number of ether oxygens (including phenoxy) is 1. The molecule has 1 aromatic rings. The number of hydrogen-bond acceptors (Lipinski definition) is 6. The third kappa shape index (κ3) is 9.05. The number of nitriles is 1. The Bertz CT molecular complexity index is 1050. The normalized spacial score (nSPS) is 15.5. The molecule has 0 heterocycles. The Labute approximate surface area is 225 Å². The van der Waals surface area contributed by atoms with Crippen LogP contribution in [0, 0.1) is 25.2 Å². The number of primary amides is 1. The van der Waals surface area contributed by atoms with E-state index in [0.717, 1.165) is 43.2 Å². The minimum atomic E-state index is -1.24. The lowest BCUT2D eigenvalue weighted by Crippen LogP contribution is -2.54. The summed E-state index contributed by atoms with van der Waals surface area (Å²) in [6.07, 6.45) is 3.67. The van der Waals surface area contributed by atoms with E-state index < -0.39 is 42.1 Å². The zero-order valence-corrected chi connectivity index (χ0v) is 23.1. The quantitative estimate of drug-likeness (QED) is 0.397. The van der Waals surface area contributed by atoms with Gasteiger partial charge in [-0.25, -0.2) is 4.79 Å². The number of benzene rings is 1. The second-order valence-electron chi connectivity index (χ2n) is 10.9. The van der Waals surface area contributed by atoms with Crippen LogP contribution < -0.4 is 16.4 Å². The molecule has 10 heteroatoms. The van der Waals surface area contributed by atoms with Crippen LogP contribution in [0.5, 0.6) is 0 Å². The third-order valence-electron chi connectivity index (χ3n) is 6.65. The maximum absolute atomic E-state index is 13.9. The van der Waals surface area contributed by atoms with Crippen molar-refractivity contribution in [1.29, 1.82) is 5.26 Å². The highest BCUT2D eigenvalue weighted by Gasteiger charge is 2.38. The average molecular weight is 528 g/mol.